The molecule has 3 aromatic carbocycles. The number of aromatic nitrogens is 1. The molecule has 1 aromatic heterocycles. The summed E-state index contributed by atoms with van der Waals surface area (Å²) in [6.45, 7) is 5.42. The summed E-state index contributed by atoms with van der Waals surface area (Å²) in [5.41, 5.74) is 9.19. The van der Waals surface area contributed by atoms with Gasteiger partial charge in [0.2, 0.25) is 0 Å². The number of aryl methyl sites for hydroxylation is 1. The molecule has 5 rings (SSSR count). The first-order valence-electron chi connectivity index (χ1n) is 10.9. The third-order valence-electron chi connectivity index (χ3n) is 6.46. The van der Waals surface area contributed by atoms with Crippen molar-refractivity contribution in [3.8, 4) is 0 Å². The van der Waals surface area contributed by atoms with E-state index in [0.717, 1.165) is 18.0 Å². The van der Waals surface area contributed by atoms with Crippen molar-refractivity contribution < 1.29 is 0 Å². The van der Waals surface area contributed by atoms with Crippen LogP contribution < -0.4 is 0 Å². The molecule has 1 aliphatic rings. The zero-order valence-electron chi connectivity index (χ0n) is 18.3. The number of hydrogen-bond acceptors (Lipinski definition) is 1. The molecule has 1 aliphatic heterocycles. The zero-order chi connectivity index (χ0) is 21.5. The van der Waals surface area contributed by atoms with Gasteiger partial charge in [-0.15, -0.1) is 0 Å². The number of rotatable bonds is 3. The second-order valence-electron chi connectivity index (χ2n) is 8.62. The smallest absolute Gasteiger partial charge is 0.0760 e. The van der Waals surface area contributed by atoms with Crippen LogP contribution in [0.4, 0.5) is 0 Å². The average molecular weight is 427 g/mol. The van der Waals surface area contributed by atoms with E-state index in [0.29, 0.717) is 0 Å². The maximum atomic E-state index is 6.12. The first-order valence-corrected chi connectivity index (χ1v) is 11.2. The molecule has 1 unspecified atom stereocenters. The quantitative estimate of drug-likeness (QED) is 0.336. The van der Waals surface area contributed by atoms with Crippen molar-refractivity contribution in [2.75, 3.05) is 13.6 Å². The van der Waals surface area contributed by atoms with E-state index in [1.165, 1.54) is 44.4 Å². The highest BCUT2D eigenvalue weighted by Gasteiger charge is 2.31. The second kappa shape index (κ2) is 8.03. The normalized spacial score (nSPS) is 17.2. The van der Waals surface area contributed by atoms with Crippen molar-refractivity contribution in [3.05, 3.63) is 106 Å². The largest absolute Gasteiger partial charge is 0.318 e. The van der Waals surface area contributed by atoms with Crippen LogP contribution in [0, 0.1) is 6.92 Å². The predicted octanol–water partition coefficient (Wildman–Crippen LogP) is 7.20. The summed E-state index contributed by atoms with van der Waals surface area (Å²) in [5.74, 6) is 0. The van der Waals surface area contributed by atoms with E-state index in [1.807, 2.05) is 12.1 Å². The summed E-state index contributed by atoms with van der Waals surface area (Å²) in [4.78, 5) is 2.48. The summed E-state index contributed by atoms with van der Waals surface area (Å²) in [6, 6.07) is 26.1. The Balaban J connectivity index is 1.77. The van der Waals surface area contributed by atoms with Crippen molar-refractivity contribution >= 4 is 34.3 Å². The van der Waals surface area contributed by atoms with Gasteiger partial charge in [0.15, 0.2) is 0 Å². The van der Waals surface area contributed by atoms with E-state index in [-0.39, 0.29) is 6.04 Å². The molecule has 0 radical (unpaired) electrons. The maximum absolute atomic E-state index is 6.12. The Labute approximate surface area is 189 Å². The molecular formula is C28H27ClN2. The monoisotopic (exact) mass is 426 g/mol. The van der Waals surface area contributed by atoms with E-state index < -0.39 is 0 Å². The summed E-state index contributed by atoms with van der Waals surface area (Å²) in [6.07, 6.45) is 3.37. The SMILES string of the molecule is CC(=Cn1c2c(c3cc(C)ccc31)CCN(C)C2c1ccccc1)c1ccc(Cl)cc1. The highest BCUT2D eigenvalue weighted by Crippen LogP contribution is 2.41. The average Bonchev–Trinajstić information content (AvgIpc) is 3.07. The van der Waals surface area contributed by atoms with Gasteiger partial charge >= 0.3 is 0 Å². The van der Waals surface area contributed by atoms with Gasteiger partial charge in [0.1, 0.15) is 0 Å². The summed E-state index contributed by atoms with van der Waals surface area (Å²) < 4.78 is 2.43. The maximum Gasteiger partial charge on any atom is 0.0760 e. The van der Waals surface area contributed by atoms with E-state index in [9.17, 15) is 0 Å². The Bertz CT molecular complexity index is 1270. The van der Waals surface area contributed by atoms with Crippen LogP contribution in [0.5, 0.6) is 0 Å². The van der Waals surface area contributed by atoms with Gasteiger partial charge < -0.3 is 4.57 Å². The molecule has 3 heteroatoms. The summed E-state index contributed by atoms with van der Waals surface area (Å²) in [5, 5.41) is 2.14. The first-order chi connectivity index (χ1) is 15.0. The van der Waals surface area contributed by atoms with Crippen molar-refractivity contribution in [1.29, 1.82) is 0 Å². The fourth-order valence-electron chi connectivity index (χ4n) is 4.87. The van der Waals surface area contributed by atoms with Gasteiger partial charge in [-0.3, -0.25) is 4.90 Å². The van der Waals surface area contributed by atoms with Crippen LogP contribution in [0.1, 0.15) is 40.9 Å². The molecule has 2 nitrogen and oxygen atoms in total. The summed E-state index contributed by atoms with van der Waals surface area (Å²) in [7, 11) is 2.24. The molecule has 0 amide bonds. The number of fused-ring (bicyclic) bond motifs is 3. The standard InChI is InChI=1S/C28H27ClN2/c1-19-9-14-26-25(17-19)24-15-16-30(3)27(22-7-5-4-6-8-22)28(24)31(26)18-20(2)21-10-12-23(29)13-11-21/h4-14,17-18,27H,15-16H2,1-3H3. The molecular weight excluding hydrogens is 400 g/mol. The van der Waals surface area contributed by atoms with Crippen LogP contribution in [0.2, 0.25) is 5.02 Å². The van der Waals surface area contributed by atoms with Crippen LogP contribution in [0.15, 0.2) is 72.8 Å². The minimum absolute atomic E-state index is 0.229. The molecule has 2 heterocycles. The number of nitrogens with zero attached hydrogens (tertiary/aromatic N) is 2. The van der Waals surface area contributed by atoms with Crippen molar-refractivity contribution in [2.24, 2.45) is 0 Å². The lowest BCUT2D eigenvalue weighted by atomic mass is 9.92. The number of hydrogen-bond donors (Lipinski definition) is 0. The lowest BCUT2D eigenvalue weighted by Crippen LogP contribution is -2.33. The molecule has 0 saturated carbocycles. The Morgan fingerprint density at radius 2 is 1.74 bits per heavy atom. The predicted molar refractivity (Wildman–Crippen MR) is 133 cm³/mol. The molecule has 31 heavy (non-hydrogen) atoms. The van der Waals surface area contributed by atoms with Crippen molar-refractivity contribution in [3.63, 3.8) is 0 Å². The van der Waals surface area contributed by atoms with E-state index >= 15 is 0 Å². The van der Waals surface area contributed by atoms with Crippen molar-refractivity contribution in [2.45, 2.75) is 26.3 Å². The molecule has 0 saturated heterocycles. The highest BCUT2D eigenvalue weighted by atomic mass is 35.5. The lowest BCUT2D eigenvalue weighted by Gasteiger charge is -2.34. The fourth-order valence-corrected chi connectivity index (χ4v) is 4.99. The molecule has 156 valence electrons. The van der Waals surface area contributed by atoms with Crippen LogP contribution in [-0.2, 0) is 6.42 Å². The van der Waals surface area contributed by atoms with Crippen LogP contribution in [0.25, 0.3) is 22.7 Å². The van der Waals surface area contributed by atoms with Crippen LogP contribution >= 0.6 is 11.6 Å². The van der Waals surface area contributed by atoms with E-state index in [2.05, 4.69) is 97.2 Å². The Kier molecular flexibility index (Phi) is 5.21. The van der Waals surface area contributed by atoms with Gasteiger partial charge in [-0.05, 0) is 73.8 Å². The highest BCUT2D eigenvalue weighted by molar-refractivity contribution is 6.30. The zero-order valence-corrected chi connectivity index (χ0v) is 19.0. The number of halogens is 1. The second-order valence-corrected chi connectivity index (χ2v) is 9.05. The Morgan fingerprint density at radius 1 is 1.00 bits per heavy atom. The minimum atomic E-state index is 0.229. The molecule has 0 bridgehead atoms. The molecule has 0 aliphatic carbocycles. The summed E-state index contributed by atoms with van der Waals surface area (Å²) >= 11 is 6.12. The third kappa shape index (κ3) is 3.60. The number of likely N-dealkylation sites (N-methyl/N-ethyl adjacent to an activating group) is 1. The molecule has 1 atom stereocenters. The lowest BCUT2D eigenvalue weighted by molar-refractivity contribution is 0.259. The third-order valence-corrected chi connectivity index (χ3v) is 6.71. The molecule has 0 N–H and O–H groups in total. The van der Waals surface area contributed by atoms with Gasteiger partial charge in [-0.25, -0.2) is 0 Å². The Hall–Kier alpha value is -2.81. The van der Waals surface area contributed by atoms with Gasteiger partial charge in [0, 0.05) is 28.8 Å². The number of benzene rings is 3. The van der Waals surface area contributed by atoms with Crippen LogP contribution in [-0.4, -0.2) is 23.1 Å². The van der Waals surface area contributed by atoms with Gasteiger partial charge in [-0.1, -0.05) is 65.7 Å². The van der Waals surface area contributed by atoms with Gasteiger partial charge in [0.05, 0.1) is 11.6 Å². The fraction of sp³-hybridized carbons (Fsp3) is 0.214. The number of allylic oxidation sites excluding steroid dienone is 1. The molecule has 0 fully saturated rings. The molecule has 4 aromatic rings. The molecule has 0 spiro atoms. The van der Waals surface area contributed by atoms with E-state index in [4.69, 9.17) is 11.6 Å². The minimum Gasteiger partial charge on any atom is -0.318 e. The van der Waals surface area contributed by atoms with Gasteiger partial charge in [-0.2, -0.15) is 0 Å². The van der Waals surface area contributed by atoms with Crippen LogP contribution in [0.3, 0.4) is 0 Å². The topological polar surface area (TPSA) is 8.17 Å². The Morgan fingerprint density at radius 3 is 2.48 bits per heavy atom. The van der Waals surface area contributed by atoms with Gasteiger partial charge in [0.25, 0.3) is 0 Å². The first kappa shape index (κ1) is 20.1. The van der Waals surface area contributed by atoms with Crippen molar-refractivity contribution in [1.82, 2.24) is 9.47 Å². The van der Waals surface area contributed by atoms with E-state index in [1.54, 1.807) is 0 Å².